The predicted molar refractivity (Wildman–Crippen MR) is 176 cm³/mol. The van der Waals surface area contributed by atoms with E-state index in [1.165, 1.54) is 11.1 Å². The average Bonchev–Trinajstić information content (AvgIpc) is 3.62. The van der Waals surface area contributed by atoms with Gasteiger partial charge in [0.15, 0.2) is 0 Å². The molecule has 0 aliphatic carbocycles. The number of aliphatic carboxylic acids is 1. The van der Waals surface area contributed by atoms with Crippen LogP contribution in [0.1, 0.15) is 50.6 Å². The van der Waals surface area contributed by atoms with Crippen molar-refractivity contribution in [2.45, 2.75) is 51.5 Å². The number of carboxylic acids is 1. The Labute approximate surface area is 279 Å². The van der Waals surface area contributed by atoms with Gasteiger partial charge >= 0.3 is 12.1 Å². The maximum Gasteiger partial charge on any atom is 0.490 e. The number of benzene rings is 3. The second kappa shape index (κ2) is 14.9. The van der Waals surface area contributed by atoms with Crippen molar-refractivity contribution in [2.75, 3.05) is 39.8 Å². The number of carbonyl (C=O) groups excluding carboxylic acids is 2. The van der Waals surface area contributed by atoms with E-state index < -0.39 is 12.1 Å². The van der Waals surface area contributed by atoms with Crippen LogP contribution in [0.4, 0.5) is 13.2 Å². The van der Waals surface area contributed by atoms with Crippen molar-refractivity contribution in [3.05, 3.63) is 106 Å². The Hall–Kier alpha value is -4.22. The topological polar surface area (TPSA) is 93.2 Å². The number of carbonyl (C=O) groups is 3. The normalized spacial score (nSPS) is 21.5. The van der Waals surface area contributed by atoms with Gasteiger partial charge in [0.1, 0.15) is 0 Å². The molecule has 11 heteroatoms. The van der Waals surface area contributed by atoms with Gasteiger partial charge in [-0.1, -0.05) is 72.8 Å². The number of carboxylic acid groups (broad SMARTS) is 1. The first-order chi connectivity index (χ1) is 22.8. The molecule has 2 N–H and O–H groups in total. The highest BCUT2D eigenvalue weighted by Crippen LogP contribution is 2.33. The summed E-state index contributed by atoms with van der Waals surface area (Å²) >= 11 is 0. The molecule has 0 bridgehead atoms. The number of hydrogen-bond acceptors (Lipinski definition) is 5. The van der Waals surface area contributed by atoms with Gasteiger partial charge in [-0.3, -0.25) is 14.5 Å². The van der Waals surface area contributed by atoms with Crippen LogP contribution in [0.2, 0.25) is 0 Å². The van der Waals surface area contributed by atoms with E-state index in [1.54, 1.807) is 0 Å². The number of hydrogen-bond donors (Lipinski definition) is 2. The van der Waals surface area contributed by atoms with Crippen molar-refractivity contribution in [1.82, 2.24) is 20.0 Å². The van der Waals surface area contributed by atoms with Gasteiger partial charge < -0.3 is 20.2 Å². The Balaban J connectivity index is 0.000000582. The van der Waals surface area contributed by atoms with E-state index in [0.29, 0.717) is 11.8 Å². The first-order valence-corrected chi connectivity index (χ1v) is 16.3. The molecule has 3 aliphatic heterocycles. The molecular formula is C37H43F3N4O4. The third-order valence-electron chi connectivity index (χ3n) is 9.83. The summed E-state index contributed by atoms with van der Waals surface area (Å²) in [6.07, 6.45) is -3.47. The van der Waals surface area contributed by atoms with Gasteiger partial charge in [-0.05, 0) is 73.4 Å². The average molecular weight is 665 g/mol. The molecule has 3 aromatic rings. The molecule has 0 aromatic heterocycles. The fourth-order valence-corrected chi connectivity index (χ4v) is 7.28. The predicted octanol–water partition coefficient (Wildman–Crippen LogP) is 5.24. The molecule has 6 rings (SSSR count). The van der Waals surface area contributed by atoms with E-state index in [2.05, 4.69) is 75.6 Å². The molecule has 2 amide bonds. The Bertz CT molecular complexity index is 1580. The highest BCUT2D eigenvalue weighted by atomic mass is 19.4. The first-order valence-electron chi connectivity index (χ1n) is 16.3. The fourth-order valence-electron chi connectivity index (χ4n) is 7.28. The summed E-state index contributed by atoms with van der Waals surface area (Å²) in [5.41, 5.74) is 6.74. The fraction of sp³-hybridized carbons (Fsp3) is 0.432. The van der Waals surface area contributed by atoms with E-state index in [1.807, 2.05) is 38.1 Å². The molecule has 3 unspecified atom stereocenters. The lowest BCUT2D eigenvalue weighted by atomic mass is 9.93. The third kappa shape index (κ3) is 8.25. The van der Waals surface area contributed by atoms with Gasteiger partial charge in [0.25, 0.3) is 5.91 Å². The Kier molecular flexibility index (Phi) is 10.9. The lowest BCUT2D eigenvalue weighted by Crippen LogP contribution is -2.49. The Morgan fingerprint density at radius 2 is 1.42 bits per heavy atom. The maximum absolute atomic E-state index is 13.6. The number of likely N-dealkylation sites (tertiary alicyclic amines) is 2. The van der Waals surface area contributed by atoms with Crippen molar-refractivity contribution < 1.29 is 32.7 Å². The molecule has 0 saturated carbocycles. The number of nitrogens with one attached hydrogen (secondary N) is 1. The molecular weight excluding hydrogens is 621 g/mol. The molecule has 48 heavy (non-hydrogen) atoms. The highest BCUT2D eigenvalue weighted by molar-refractivity contribution is 5.97. The first kappa shape index (κ1) is 35.1. The molecule has 4 atom stereocenters. The van der Waals surface area contributed by atoms with Gasteiger partial charge in [0, 0.05) is 44.8 Å². The highest BCUT2D eigenvalue weighted by Gasteiger charge is 2.42. The number of aryl methyl sites for hydroxylation is 2. The van der Waals surface area contributed by atoms with E-state index in [4.69, 9.17) is 9.90 Å². The number of halogens is 3. The van der Waals surface area contributed by atoms with Crippen LogP contribution >= 0.6 is 0 Å². The standard InChI is InChI=1S/C35H42N4O2.C2HF3O2/c1-24-10-9-11-25(2)33(24)35(41)39-22-29-20-38(21-30(29)23-39)17-16-31(26-12-5-4-6-13-26)36-34(40)32-18-27-14-7-8-15-28(27)19-37(32)3;3-2(4,5)1(6)7/h4-15,29-32H,16-23H2,1-3H3,(H,36,40);(H,6,7)/t29?,30?,31-,32?;/m0./s1. The van der Waals surface area contributed by atoms with Crippen molar-refractivity contribution in [3.63, 3.8) is 0 Å². The molecule has 2 saturated heterocycles. The quantitative estimate of drug-likeness (QED) is 0.359. The third-order valence-corrected chi connectivity index (χ3v) is 9.83. The minimum atomic E-state index is -5.08. The van der Waals surface area contributed by atoms with Gasteiger partial charge in [-0.25, -0.2) is 4.79 Å². The Morgan fingerprint density at radius 3 is 2.00 bits per heavy atom. The van der Waals surface area contributed by atoms with E-state index in [-0.39, 0.29) is 23.9 Å². The summed E-state index contributed by atoms with van der Waals surface area (Å²) in [6, 6.07) is 24.7. The monoisotopic (exact) mass is 664 g/mol. The van der Waals surface area contributed by atoms with Crippen molar-refractivity contribution in [3.8, 4) is 0 Å². The van der Waals surface area contributed by atoms with Crippen molar-refractivity contribution >= 4 is 17.8 Å². The summed E-state index contributed by atoms with van der Waals surface area (Å²) in [5, 5.41) is 10.6. The minimum absolute atomic E-state index is 0.0307. The van der Waals surface area contributed by atoms with Crippen molar-refractivity contribution in [2.24, 2.45) is 11.8 Å². The van der Waals surface area contributed by atoms with Crippen LogP contribution in [0.15, 0.2) is 72.8 Å². The molecule has 8 nitrogen and oxygen atoms in total. The van der Waals surface area contributed by atoms with Crippen LogP contribution < -0.4 is 5.32 Å². The number of likely N-dealkylation sites (N-methyl/N-ethyl adjacent to an activating group) is 1. The molecule has 0 radical (unpaired) electrons. The number of rotatable bonds is 7. The Morgan fingerprint density at radius 1 is 0.854 bits per heavy atom. The zero-order valence-corrected chi connectivity index (χ0v) is 27.5. The molecule has 256 valence electrons. The smallest absolute Gasteiger partial charge is 0.475 e. The molecule has 3 aromatic carbocycles. The summed E-state index contributed by atoms with van der Waals surface area (Å²) in [7, 11) is 2.05. The number of fused-ring (bicyclic) bond motifs is 2. The van der Waals surface area contributed by atoms with E-state index >= 15 is 0 Å². The summed E-state index contributed by atoms with van der Waals surface area (Å²) < 4.78 is 31.7. The van der Waals surface area contributed by atoms with Crippen LogP contribution in [0, 0.1) is 25.7 Å². The lowest BCUT2D eigenvalue weighted by Gasteiger charge is -2.34. The number of nitrogens with zero attached hydrogens (tertiary/aromatic N) is 3. The van der Waals surface area contributed by atoms with Crippen LogP contribution in [0.3, 0.4) is 0 Å². The zero-order chi connectivity index (χ0) is 34.6. The number of amides is 2. The number of alkyl halides is 3. The van der Waals surface area contributed by atoms with Crippen molar-refractivity contribution in [1.29, 1.82) is 0 Å². The van der Waals surface area contributed by atoms with Gasteiger partial charge in [0.2, 0.25) is 5.91 Å². The SMILES string of the molecule is Cc1cccc(C)c1C(=O)N1CC2CN(CC[C@H](NC(=O)C3Cc4ccccc4CN3C)c3ccccc3)CC2C1.O=C(O)C(F)(F)F. The van der Waals surface area contributed by atoms with Crippen LogP contribution in [0.5, 0.6) is 0 Å². The van der Waals surface area contributed by atoms with Gasteiger partial charge in [-0.15, -0.1) is 0 Å². The molecule has 3 aliphatic rings. The second-order valence-corrected chi connectivity index (χ2v) is 13.2. The second-order valence-electron chi connectivity index (χ2n) is 13.2. The van der Waals surface area contributed by atoms with Crippen LogP contribution in [-0.2, 0) is 22.6 Å². The van der Waals surface area contributed by atoms with Gasteiger partial charge in [0.05, 0.1) is 12.1 Å². The lowest BCUT2D eigenvalue weighted by molar-refractivity contribution is -0.192. The van der Waals surface area contributed by atoms with E-state index in [0.717, 1.165) is 74.4 Å². The zero-order valence-electron chi connectivity index (χ0n) is 27.5. The summed E-state index contributed by atoms with van der Waals surface area (Å²) in [5.74, 6) is -1.43. The molecule has 0 spiro atoms. The summed E-state index contributed by atoms with van der Waals surface area (Å²) in [6.45, 7) is 9.49. The largest absolute Gasteiger partial charge is 0.490 e. The summed E-state index contributed by atoms with van der Waals surface area (Å²) in [4.78, 5) is 42.7. The van der Waals surface area contributed by atoms with Crippen LogP contribution in [0.25, 0.3) is 0 Å². The maximum atomic E-state index is 13.6. The minimum Gasteiger partial charge on any atom is -0.475 e. The molecule has 3 heterocycles. The van der Waals surface area contributed by atoms with Gasteiger partial charge in [-0.2, -0.15) is 13.2 Å². The van der Waals surface area contributed by atoms with Crippen LogP contribution in [-0.4, -0.2) is 89.6 Å². The van der Waals surface area contributed by atoms with E-state index in [9.17, 15) is 22.8 Å². The molecule has 2 fully saturated rings.